The van der Waals surface area contributed by atoms with Crippen molar-refractivity contribution >= 4 is 12.5 Å². The number of benzene rings is 1. The predicted molar refractivity (Wildman–Crippen MR) is 54.1 cm³/mol. The topological polar surface area (TPSA) is 52.9 Å². The molecule has 0 saturated heterocycles. The molecular formula is C11H9FN2O. The van der Waals surface area contributed by atoms with Gasteiger partial charge in [-0.3, -0.25) is 4.79 Å². The lowest BCUT2D eigenvalue weighted by Crippen LogP contribution is -2.13. The molecule has 0 aliphatic rings. The highest BCUT2D eigenvalue weighted by Crippen LogP contribution is 2.07. The van der Waals surface area contributed by atoms with Crippen molar-refractivity contribution in [2.24, 2.45) is 0 Å². The molecule has 0 atom stereocenters. The first-order valence-electron chi connectivity index (χ1n) is 4.29. The van der Waals surface area contributed by atoms with Crippen LogP contribution in [0.5, 0.6) is 0 Å². The molecule has 0 saturated carbocycles. The van der Waals surface area contributed by atoms with Gasteiger partial charge >= 0.3 is 0 Å². The largest absolute Gasteiger partial charge is 0.354 e. The van der Waals surface area contributed by atoms with Gasteiger partial charge in [0.15, 0.2) is 0 Å². The average molecular weight is 204 g/mol. The Kier molecular flexibility index (Phi) is 4.05. The van der Waals surface area contributed by atoms with Crippen LogP contribution in [-0.2, 0) is 4.79 Å². The minimum Gasteiger partial charge on any atom is -0.354 e. The summed E-state index contributed by atoms with van der Waals surface area (Å²) >= 11 is 0. The van der Waals surface area contributed by atoms with Crippen LogP contribution < -0.4 is 5.32 Å². The molecule has 76 valence electrons. The summed E-state index contributed by atoms with van der Waals surface area (Å²) in [6.07, 6.45) is 2.12. The Morgan fingerprint density at radius 2 is 2.13 bits per heavy atom. The van der Waals surface area contributed by atoms with Gasteiger partial charge in [-0.1, -0.05) is 12.1 Å². The van der Waals surface area contributed by atoms with Crippen LogP contribution in [0.2, 0.25) is 0 Å². The number of hydrogen-bond donors (Lipinski definition) is 1. The van der Waals surface area contributed by atoms with Crippen LogP contribution in [0.15, 0.2) is 29.8 Å². The Morgan fingerprint density at radius 3 is 2.67 bits per heavy atom. The quantitative estimate of drug-likeness (QED) is 0.596. The molecule has 0 aromatic heterocycles. The van der Waals surface area contributed by atoms with Gasteiger partial charge < -0.3 is 5.32 Å². The third-order valence-electron chi connectivity index (χ3n) is 1.73. The number of amides is 1. The smallest absolute Gasteiger partial charge is 0.207 e. The van der Waals surface area contributed by atoms with Crippen LogP contribution in [0.3, 0.4) is 0 Å². The number of nitrogens with zero attached hydrogens (tertiary/aromatic N) is 1. The van der Waals surface area contributed by atoms with E-state index in [1.165, 1.54) is 12.1 Å². The number of nitrogens with one attached hydrogen (secondary N) is 1. The van der Waals surface area contributed by atoms with Gasteiger partial charge in [0.25, 0.3) is 0 Å². The van der Waals surface area contributed by atoms with Crippen molar-refractivity contribution in [2.75, 3.05) is 6.54 Å². The zero-order valence-electron chi connectivity index (χ0n) is 7.90. The molecule has 1 N–H and O–H groups in total. The number of carbonyl (C=O) groups is 1. The van der Waals surface area contributed by atoms with Gasteiger partial charge in [0, 0.05) is 5.57 Å². The van der Waals surface area contributed by atoms with E-state index in [4.69, 9.17) is 5.26 Å². The van der Waals surface area contributed by atoms with Crippen LogP contribution in [0.4, 0.5) is 4.39 Å². The molecule has 1 aromatic rings. The van der Waals surface area contributed by atoms with Crippen molar-refractivity contribution in [1.82, 2.24) is 5.32 Å². The molecule has 0 aliphatic carbocycles. The molecule has 0 unspecified atom stereocenters. The van der Waals surface area contributed by atoms with Gasteiger partial charge in [-0.25, -0.2) is 4.39 Å². The fraction of sp³-hybridized carbons (Fsp3) is 0.0909. The second-order valence-electron chi connectivity index (χ2n) is 2.83. The van der Waals surface area contributed by atoms with E-state index in [2.05, 4.69) is 5.32 Å². The maximum atomic E-state index is 12.6. The highest BCUT2D eigenvalue weighted by atomic mass is 19.1. The number of halogens is 1. The van der Waals surface area contributed by atoms with E-state index >= 15 is 0 Å². The summed E-state index contributed by atoms with van der Waals surface area (Å²) in [6, 6.07) is 7.70. The third-order valence-corrected chi connectivity index (χ3v) is 1.73. The molecule has 1 aromatic carbocycles. The molecule has 1 rings (SSSR count). The molecule has 0 radical (unpaired) electrons. The van der Waals surface area contributed by atoms with E-state index in [-0.39, 0.29) is 12.4 Å². The fourth-order valence-corrected chi connectivity index (χ4v) is 1.03. The summed E-state index contributed by atoms with van der Waals surface area (Å²) in [7, 11) is 0. The van der Waals surface area contributed by atoms with Gasteiger partial charge in [0.05, 0.1) is 12.6 Å². The molecule has 0 aliphatic heterocycles. The van der Waals surface area contributed by atoms with Crippen molar-refractivity contribution in [3.63, 3.8) is 0 Å². The lowest BCUT2D eigenvalue weighted by molar-refractivity contribution is -0.109. The van der Waals surface area contributed by atoms with Gasteiger partial charge in [-0.2, -0.15) is 5.26 Å². The molecule has 15 heavy (non-hydrogen) atoms. The Bertz CT molecular complexity index is 404. The first-order valence-corrected chi connectivity index (χ1v) is 4.29. The number of hydrogen-bond acceptors (Lipinski definition) is 2. The van der Waals surface area contributed by atoms with Gasteiger partial charge in [-0.15, -0.1) is 0 Å². The third kappa shape index (κ3) is 3.61. The summed E-state index contributed by atoms with van der Waals surface area (Å²) in [4.78, 5) is 10.0. The molecule has 4 heteroatoms. The van der Waals surface area contributed by atoms with Gasteiger partial charge in [0.2, 0.25) is 6.41 Å². The Hall–Kier alpha value is -2.15. The second kappa shape index (κ2) is 5.55. The summed E-state index contributed by atoms with van der Waals surface area (Å²) < 4.78 is 12.6. The van der Waals surface area contributed by atoms with Crippen LogP contribution in [0.25, 0.3) is 6.08 Å². The summed E-state index contributed by atoms with van der Waals surface area (Å²) in [5.41, 5.74) is 1.13. The Morgan fingerprint density at radius 1 is 1.47 bits per heavy atom. The van der Waals surface area contributed by atoms with E-state index in [0.717, 1.165) is 5.56 Å². The Balaban J connectivity index is 2.79. The van der Waals surface area contributed by atoms with Gasteiger partial charge in [0.1, 0.15) is 5.82 Å². The zero-order chi connectivity index (χ0) is 11.1. The van der Waals surface area contributed by atoms with E-state index in [1.807, 2.05) is 6.07 Å². The molecule has 3 nitrogen and oxygen atoms in total. The summed E-state index contributed by atoms with van der Waals surface area (Å²) in [5.74, 6) is -0.323. The monoisotopic (exact) mass is 204 g/mol. The minimum absolute atomic E-state index is 0.178. The summed E-state index contributed by atoms with van der Waals surface area (Å²) in [6.45, 7) is 0.178. The highest BCUT2D eigenvalue weighted by Gasteiger charge is 1.95. The highest BCUT2D eigenvalue weighted by molar-refractivity contribution is 5.58. The fourth-order valence-electron chi connectivity index (χ4n) is 1.03. The van der Waals surface area contributed by atoms with Crippen LogP contribution in [0, 0.1) is 17.1 Å². The van der Waals surface area contributed by atoms with Crippen molar-refractivity contribution < 1.29 is 9.18 Å². The molecule has 0 fully saturated rings. The molecule has 1 amide bonds. The van der Waals surface area contributed by atoms with Crippen LogP contribution in [-0.4, -0.2) is 13.0 Å². The molecule has 0 heterocycles. The standard InChI is InChI=1S/C11H9FN2O/c12-11-3-1-9(2-4-11)5-10(6-13)7-14-8-15/h1-5,8H,7H2,(H,14,15)/b10-5+. The van der Waals surface area contributed by atoms with Crippen LogP contribution >= 0.6 is 0 Å². The predicted octanol–water partition coefficient (Wildman–Crippen LogP) is 1.48. The summed E-state index contributed by atoms with van der Waals surface area (Å²) in [5, 5.41) is 11.1. The molecule has 0 spiro atoms. The average Bonchev–Trinajstić information content (AvgIpc) is 2.27. The zero-order valence-corrected chi connectivity index (χ0v) is 7.90. The van der Waals surface area contributed by atoms with E-state index < -0.39 is 0 Å². The van der Waals surface area contributed by atoms with E-state index in [0.29, 0.717) is 12.0 Å². The first-order chi connectivity index (χ1) is 7.26. The number of carbonyl (C=O) groups excluding carboxylic acids is 1. The number of nitriles is 1. The SMILES string of the molecule is N#C/C(=C\c1ccc(F)cc1)CNC=O. The van der Waals surface area contributed by atoms with Crippen molar-refractivity contribution in [2.45, 2.75) is 0 Å². The normalized spacial score (nSPS) is 10.5. The van der Waals surface area contributed by atoms with E-state index in [9.17, 15) is 9.18 Å². The first kappa shape index (κ1) is 10.9. The van der Waals surface area contributed by atoms with Crippen LogP contribution in [0.1, 0.15) is 5.56 Å². The lowest BCUT2D eigenvalue weighted by Gasteiger charge is -1.97. The van der Waals surface area contributed by atoms with E-state index in [1.54, 1.807) is 18.2 Å². The van der Waals surface area contributed by atoms with Crippen molar-refractivity contribution in [3.8, 4) is 6.07 Å². The minimum atomic E-state index is -0.323. The van der Waals surface area contributed by atoms with Gasteiger partial charge in [-0.05, 0) is 23.8 Å². The van der Waals surface area contributed by atoms with Crippen molar-refractivity contribution in [3.05, 3.63) is 41.2 Å². The lowest BCUT2D eigenvalue weighted by atomic mass is 10.1. The maximum Gasteiger partial charge on any atom is 0.207 e. The number of rotatable bonds is 4. The Labute approximate surface area is 86.8 Å². The second-order valence-corrected chi connectivity index (χ2v) is 2.83. The molecular weight excluding hydrogens is 195 g/mol. The maximum absolute atomic E-state index is 12.6. The molecule has 0 bridgehead atoms. The van der Waals surface area contributed by atoms with Crippen molar-refractivity contribution in [1.29, 1.82) is 5.26 Å².